The Balaban J connectivity index is 1.65. The number of hydrogen-bond acceptors (Lipinski definition) is 3. The SMILES string of the molecule is CC1(C)CC1NCC(O)COc1ccc(Cl)cc1. The van der Waals surface area contributed by atoms with Gasteiger partial charge in [0, 0.05) is 17.6 Å². The lowest BCUT2D eigenvalue weighted by Crippen LogP contribution is -2.34. The van der Waals surface area contributed by atoms with Gasteiger partial charge >= 0.3 is 0 Å². The first kappa shape index (κ1) is 13.7. The largest absolute Gasteiger partial charge is 0.491 e. The summed E-state index contributed by atoms with van der Waals surface area (Å²) in [5, 5.41) is 13.8. The van der Waals surface area contributed by atoms with Gasteiger partial charge in [-0.1, -0.05) is 25.4 Å². The van der Waals surface area contributed by atoms with Gasteiger partial charge in [-0.25, -0.2) is 0 Å². The number of rotatable bonds is 6. The van der Waals surface area contributed by atoms with Crippen molar-refractivity contribution in [2.24, 2.45) is 5.41 Å². The Morgan fingerprint density at radius 2 is 2.06 bits per heavy atom. The zero-order valence-electron chi connectivity index (χ0n) is 10.8. The van der Waals surface area contributed by atoms with E-state index in [-0.39, 0.29) is 0 Å². The third-order valence-corrected chi connectivity index (χ3v) is 3.62. The van der Waals surface area contributed by atoms with Crippen LogP contribution in [0.2, 0.25) is 5.02 Å². The Kier molecular flexibility index (Phi) is 4.15. The molecule has 2 rings (SSSR count). The van der Waals surface area contributed by atoms with E-state index in [9.17, 15) is 5.11 Å². The van der Waals surface area contributed by atoms with Gasteiger partial charge in [-0.3, -0.25) is 0 Å². The van der Waals surface area contributed by atoms with E-state index in [1.54, 1.807) is 24.3 Å². The quantitative estimate of drug-likeness (QED) is 0.834. The van der Waals surface area contributed by atoms with E-state index in [4.69, 9.17) is 16.3 Å². The van der Waals surface area contributed by atoms with Crippen LogP contribution in [-0.4, -0.2) is 30.4 Å². The van der Waals surface area contributed by atoms with Gasteiger partial charge in [0.05, 0.1) is 0 Å². The third kappa shape index (κ3) is 3.87. The molecule has 1 saturated carbocycles. The van der Waals surface area contributed by atoms with Crippen molar-refractivity contribution in [1.82, 2.24) is 5.32 Å². The Morgan fingerprint density at radius 1 is 1.44 bits per heavy atom. The van der Waals surface area contributed by atoms with Crippen molar-refractivity contribution in [3.63, 3.8) is 0 Å². The van der Waals surface area contributed by atoms with Crippen LogP contribution in [0, 0.1) is 5.41 Å². The van der Waals surface area contributed by atoms with Crippen molar-refractivity contribution in [2.75, 3.05) is 13.2 Å². The maximum Gasteiger partial charge on any atom is 0.119 e. The lowest BCUT2D eigenvalue weighted by molar-refractivity contribution is 0.105. The summed E-state index contributed by atoms with van der Waals surface area (Å²) in [6.45, 7) is 5.31. The fourth-order valence-electron chi connectivity index (χ4n) is 1.88. The molecule has 0 bridgehead atoms. The number of benzene rings is 1. The number of nitrogens with one attached hydrogen (secondary N) is 1. The summed E-state index contributed by atoms with van der Waals surface area (Å²) in [4.78, 5) is 0. The summed E-state index contributed by atoms with van der Waals surface area (Å²) >= 11 is 5.78. The fraction of sp³-hybridized carbons (Fsp3) is 0.571. The molecule has 0 heterocycles. The van der Waals surface area contributed by atoms with Crippen LogP contribution in [0.3, 0.4) is 0 Å². The van der Waals surface area contributed by atoms with Gasteiger partial charge in [-0.05, 0) is 36.1 Å². The number of halogens is 1. The van der Waals surface area contributed by atoms with Crippen LogP contribution in [0.4, 0.5) is 0 Å². The van der Waals surface area contributed by atoms with Crippen LogP contribution in [0.1, 0.15) is 20.3 Å². The Hall–Kier alpha value is -0.770. The third-order valence-electron chi connectivity index (χ3n) is 3.37. The number of aliphatic hydroxyl groups is 1. The standard InChI is InChI=1S/C14H20ClNO2/c1-14(2)7-13(14)16-8-11(17)9-18-12-5-3-10(15)4-6-12/h3-6,11,13,16-17H,7-9H2,1-2H3. The molecule has 1 aromatic carbocycles. The molecule has 1 aromatic rings. The van der Waals surface area contributed by atoms with Crippen LogP contribution in [0.25, 0.3) is 0 Å². The molecule has 0 radical (unpaired) electrons. The molecular formula is C14H20ClNO2. The summed E-state index contributed by atoms with van der Waals surface area (Å²) in [5.41, 5.74) is 0.386. The minimum Gasteiger partial charge on any atom is -0.491 e. The summed E-state index contributed by atoms with van der Waals surface area (Å²) in [6, 6.07) is 7.67. The first-order valence-corrected chi connectivity index (χ1v) is 6.65. The van der Waals surface area contributed by atoms with E-state index in [2.05, 4.69) is 19.2 Å². The van der Waals surface area contributed by atoms with Gasteiger partial charge < -0.3 is 15.2 Å². The number of aliphatic hydroxyl groups excluding tert-OH is 1. The van der Waals surface area contributed by atoms with Gasteiger partial charge in [0.1, 0.15) is 18.5 Å². The molecule has 0 spiro atoms. The predicted molar refractivity (Wildman–Crippen MR) is 73.1 cm³/mol. The topological polar surface area (TPSA) is 41.5 Å². The van der Waals surface area contributed by atoms with Crippen LogP contribution in [-0.2, 0) is 0 Å². The zero-order chi connectivity index (χ0) is 13.2. The molecule has 1 aliphatic carbocycles. The van der Waals surface area contributed by atoms with E-state index in [0.717, 1.165) is 5.75 Å². The molecule has 100 valence electrons. The van der Waals surface area contributed by atoms with Crippen molar-refractivity contribution in [3.8, 4) is 5.75 Å². The summed E-state index contributed by atoms with van der Waals surface area (Å²) < 4.78 is 5.48. The number of ether oxygens (including phenoxy) is 1. The maximum atomic E-state index is 9.80. The Labute approximate surface area is 113 Å². The molecule has 4 heteroatoms. The van der Waals surface area contributed by atoms with E-state index in [0.29, 0.717) is 29.6 Å². The molecule has 1 fully saturated rings. The highest BCUT2D eigenvalue weighted by atomic mass is 35.5. The molecule has 2 atom stereocenters. The second-order valence-corrected chi connectivity index (χ2v) is 6.01. The normalized spacial score (nSPS) is 22.6. The molecule has 1 aliphatic rings. The van der Waals surface area contributed by atoms with Crippen molar-refractivity contribution in [2.45, 2.75) is 32.4 Å². The number of hydrogen-bond donors (Lipinski definition) is 2. The van der Waals surface area contributed by atoms with E-state index < -0.39 is 6.10 Å². The minimum absolute atomic E-state index is 0.293. The van der Waals surface area contributed by atoms with Crippen molar-refractivity contribution < 1.29 is 9.84 Å². The van der Waals surface area contributed by atoms with Crippen LogP contribution in [0.5, 0.6) is 5.75 Å². The molecule has 0 saturated heterocycles. The molecule has 2 N–H and O–H groups in total. The van der Waals surface area contributed by atoms with Crippen molar-refractivity contribution in [1.29, 1.82) is 0 Å². The Morgan fingerprint density at radius 3 is 2.61 bits per heavy atom. The van der Waals surface area contributed by atoms with E-state index in [1.807, 2.05) is 0 Å². The Bertz CT molecular complexity index is 391. The first-order chi connectivity index (χ1) is 8.47. The van der Waals surface area contributed by atoms with Crippen LogP contribution in [0.15, 0.2) is 24.3 Å². The fourth-order valence-corrected chi connectivity index (χ4v) is 2.00. The molecule has 18 heavy (non-hydrogen) atoms. The van der Waals surface area contributed by atoms with Gasteiger partial charge in [0.25, 0.3) is 0 Å². The maximum absolute atomic E-state index is 9.80. The van der Waals surface area contributed by atoms with Gasteiger partial charge in [-0.15, -0.1) is 0 Å². The highest BCUT2D eigenvalue weighted by Crippen LogP contribution is 2.44. The lowest BCUT2D eigenvalue weighted by Gasteiger charge is -2.14. The smallest absolute Gasteiger partial charge is 0.119 e. The molecule has 2 unspecified atom stereocenters. The van der Waals surface area contributed by atoms with Gasteiger partial charge in [0.2, 0.25) is 0 Å². The lowest BCUT2D eigenvalue weighted by atomic mass is 10.2. The van der Waals surface area contributed by atoms with Crippen LogP contribution >= 0.6 is 11.6 Å². The highest BCUT2D eigenvalue weighted by molar-refractivity contribution is 6.30. The minimum atomic E-state index is -0.489. The van der Waals surface area contributed by atoms with Crippen LogP contribution < -0.4 is 10.1 Å². The summed E-state index contributed by atoms with van der Waals surface area (Å²) in [7, 11) is 0. The second-order valence-electron chi connectivity index (χ2n) is 5.57. The van der Waals surface area contributed by atoms with Crippen molar-refractivity contribution in [3.05, 3.63) is 29.3 Å². The van der Waals surface area contributed by atoms with Gasteiger partial charge in [-0.2, -0.15) is 0 Å². The molecule has 0 aliphatic heterocycles. The summed E-state index contributed by atoms with van der Waals surface area (Å²) in [5.74, 6) is 0.727. The average Bonchev–Trinajstić information content (AvgIpc) is 2.94. The molecule has 0 amide bonds. The van der Waals surface area contributed by atoms with E-state index in [1.165, 1.54) is 6.42 Å². The average molecular weight is 270 g/mol. The highest BCUT2D eigenvalue weighted by Gasteiger charge is 2.45. The molecule has 3 nitrogen and oxygen atoms in total. The molecular weight excluding hydrogens is 250 g/mol. The van der Waals surface area contributed by atoms with Gasteiger partial charge in [0.15, 0.2) is 0 Å². The van der Waals surface area contributed by atoms with Crippen molar-refractivity contribution >= 4 is 11.6 Å². The predicted octanol–water partition coefficient (Wildman–Crippen LogP) is 2.47. The molecule has 0 aromatic heterocycles. The summed E-state index contributed by atoms with van der Waals surface area (Å²) in [6.07, 6.45) is 0.690. The zero-order valence-corrected chi connectivity index (χ0v) is 11.6. The first-order valence-electron chi connectivity index (χ1n) is 6.27. The van der Waals surface area contributed by atoms with E-state index >= 15 is 0 Å². The monoisotopic (exact) mass is 269 g/mol. The second kappa shape index (κ2) is 5.47.